The van der Waals surface area contributed by atoms with Crippen LogP contribution in [0.2, 0.25) is 0 Å². The molecule has 0 saturated carbocycles. The Bertz CT molecular complexity index is 646. The molecule has 0 aliphatic rings. The van der Waals surface area contributed by atoms with Crippen LogP contribution in [0, 0.1) is 0 Å². The van der Waals surface area contributed by atoms with Crippen molar-refractivity contribution >= 4 is 23.3 Å². The molecular formula is C15H22N6O2. The van der Waals surface area contributed by atoms with Crippen LogP contribution in [-0.4, -0.2) is 38.3 Å². The summed E-state index contributed by atoms with van der Waals surface area (Å²) in [4.78, 5) is 17.6. The van der Waals surface area contributed by atoms with Crippen LogP contribution >= 0.6 is 0 Å². The van der Waals surface area contributed by atoms with Crippen molar-refractivity contribution in [1.29, 1.82) is 0 Å². The number of hydrogen-bond acceptors (Lipinski definition) is 6. The molecule has 0 aliphatic heterocycles. The summed E-state index contributed by atoms with van der Waals surface area (Å²) in [5, 5.41) is 15.8. The second kappa shape index (κ2) is 6.99. The number of benzene rings is 1. The standard InChI is InChI=1S/C15H22N6O2/c1-9(2)21(10(3)4)11-5-6-13(12(7-11)14(22)23)18-20-15-16-8-17-19-15/h5-10,18H,1-4H3,(H,22,23)(H2,16,17,19,20). The first-order chi connectivity index (χ1) is 10.9. The SMILES string of the molecule is CC(C)N(c1ccc(NNc2ncn[nH]2)c(C(=O)O)c1)C(C)C. The van der Waals surface area contributed by atoms with Gasteiger partial charge in [0.05, 0.1) is 11.3 Å². The summed E-state index contributed by atoms with van der Waals surface area (Å²) >= 11 is 0. The molecule has 1 heterocycles. The van der Waals surface area contributed by atoms with E-state index >= 15 is 0 Å². The van der Waals surface area contributed by atoms with Gasteiger partial charge in [0.15, 0.2) is 0 Å². The number of aromatic carboxylic acids is 1. The van der Waals surface area contributed by atoms with E-state index in [2.05, 4.69) is 58.6 Å². The maximum atomic E-state index is 11.6. The summed E-state index contributed by atoms with van der Waals surface area (Å²) in [5.74, 6) is -0.599. The van der Waals surface area contributed by atoms with Crippen LogP contribution < -0.4 is 15.8 Å². The van der Waals surface area contributed by atoms with E-state index < -0.39 is 5.97 Å². The molecule has 124 valence electrons. The number of nitrogens with one attached hydrogen (secondary N) is 3. The molecule has 0 radical (unpaired) electrons. The molecule has 23 heavy (non-hydrogen) atoms. The first-order valence-corrected chi connectivity index (χ1v) is 7.43. The van der Waals surface area contributed by atoms with E-state index in [-0.39, 0.29) is 17.6 Å². The van der Waals surface area contributed by atoms with Crippen LogP contribution in [0.25, 0.3) is 0 Å². The van der Waals surface area contributed by atoms with Gasteiger partial charge in [-0.25, -0.2) is 9.89 Å². The van der Waals surface area contributed by atoms with E-state index in [0.717, 1.165) is 5.69 Å². The molecule has 1 aromatic heterocycles. The maximum Gasteiger partial charge on any atom is 0.337 e. The lowest BCUT2D eigenvalue weighted by Crippen LogP contribution is -2.37. The van der Waals surface area contributed by atoms with Crippen LogP contribution in [0.1, 0.15) is 38.1 Å². The number of carboxylic acids is 1. The van der Waals surface area contributed by atoms with Crippen molar-refractivity contribution in [2.75, 3.05) is 15.8 Å². The third kappa shape index (κ3) is 3.91. The maximum absolute atomic E-state index is 11.6. The lowest BCUT2D eigenvalue weighted by atomic mass is 10.1. The lowest BCUT2D eigenvalue weighted by molar-refractivity contribution is 0.0698. The Morgan fingerprint density at radius 1 is 1.22 bits per heavy atom. The van der Waals surface area contributed by atoms with Crippen molar-refractivity contribution in [2.24, 2.45) is 0 Å². The van der Waals surface area contributed by atoms with Gasteiger partial charge in [-0.05, 0) is 45.9 Å². The highest BCUT2D eigenvalue weighted by atomic mass is 16.4. The Kier molecular flexibility index (Phi) is 5.05. The van der Waals surface area contributed by atoms with Crippen molar-refractivity contribution in [3.05, 3.63) is 30.1 Å². The minimum atomic E-state index is -0.999. The van der Waals surface area contributed by atoms with Crippen molar-refractivity contribution in [2.45, 2.75) is 39.8 Å². The van der Waals surface area contributed by atoms with Gasteiger partial charge in [0, 0.05) is 17.8 Å². The molecule has 0 bridgehead atoms. The zero-order chi connectivity index (χ0) is 17.0. The van der Waals surface area contributed by atoms with Crippen LogP contribution in [0.3, 0.4) is 0 Å². The fourth-order valence-electron chi connectivity index (χ4n) is 2.56. The molecule has 0 spiro atoms. The molecule has 2 rings (SSSR count). The molecule has 0 fully saturated rings. The Hall–Kier alpha value is -2.77. The number of aromatic nitrogens is 3. The molecule has 4 N–H and O–H groups in total. The molecule has 0 aliphatic carbocycles. The average Bonchev–Trinajstić information content (AvgIpc) is 2.98. The molecule has 0 saturated heterocycles. The van der Waals surface area contributed by atoms with E-state index in [1.807, 2.05) is 6.07 Å². The predicted molar refractivity (Wildman–Crippen MR) is 89.8 cm³/mol. The number of H-pyrrole nitrogens is 1. The van der Waals surface area contributed by atoms with Gasteiger partial charge in [0.2, 0.25) is 5.95 Å². The normalized spacial score (nSPS) is 10.9. The fraction of sp³-hybridized carbons (Fsp3) is 0.400. The van der Waals surface area contributed by atoms with Crippen LogP contribution in [0.4, 0.5) is 17.3 Å². The smallest absolute Gasteiger partial charge is 0.337 e. The summed E-state index contributed by atoms with van der Waals surface area (Å²) in [6, 6.07) is 5.84. The van der Waals surface area contributed by atoms with E-state index in [9.17, 15) is 9.90 Å². The number of anilines is 3. The van der Waals surface area contributed by atoms with Gasteiger partial charge in [-0.1, -0.05) is 0 Å². The van der Waals surface area contributed by atoms with Gasteiger partial charge in [0.1, 0.15) is 6.33 Å². The van der Waals surface area contributed by atoms with Crippen LogP contribution in [0.15, 0.2) is 24.5 Å². The monoisotopic (exact) mass is 318 g/mol. The van der Waals surface area contributed by atoms with Crippen molar-refractivity contribution in [3.63, 3.8) is 0 Å². The van der Waals surface area contributed by atoms with E-state index in [1.165, 1.54) is 6.33 Å². The summed E-state index contributed by atoms with van der Waals surface area (Å²) in [6.45, 7) is 8.33. The molecule has 1 aromatic carbocycles. The number of hydrogen-bond donors (Lipinski definition) is 4. The van der Waals surface area contributed by atoms with Gasteiger partial charge in [-0.2, -0.15) is 10.1 Å². The molecule has 0 unspecified atom stereocenters. The lowest BCUT2D eigenvalue weighted by Gasteiger charge is -2.33. The Balaban J connectivity index is 2.28. The molecule has 8 nitrogen and oxygen atoms in total. The van der Waals surface area contributed by atoms with Crippen molar-refractivity contribution in [3.8, 4) is 0 Å². The first kappa shape index (κ1) is 16.6. The molecule has 2 aromatic rings. The largest absolute Gasteiger partial charge is 0.478 e. The van der Waals surface area contributed by atoms with Gasteiger partial charge >= 0.3 is 5.97 Å². The highest BCUT2D eigenvalue weighted by Gasteiger charge is 2.18. The van der Waals surface area contributed by atoms with E-state index in [4.69, 9.17) is 0 Å². The van der Waals surface area contributed by atoms with Gasteiger partial charge in [-0.3, -0.25) is 10.9 Å². The van der Waals surface area contributed by atoms with Crippen molar-refractivity contribution in [1.82, 2.24) is 15.2 Å². The molecule has 0 atom stereocenters. The Morgan fingerprint density at radius 2 is 1.91 bits per heavy atom. The zero-order valence-electron chi connectivity index (χ0n) is 13.7. The summed E-state index contributed by atoms with van der Waals surface area (Å²) in [7, 11) is 0. The summed E-state index contributed by atoms with van der Waals surface area (Å²) < 4.78 is 0. The third-order valence-corrected chi connectivity index (χ3v) is 3.37. The molecular weight excluding hydrogens is 296 g/mol. The number of rotatable bonds is 7. The topological polar surface area (TPSA) is 106 Å². The van der Waals surface area contributed by atoms with Gasteiger partial charge < -0.3 is 10.0 Å². The zero-order valence-corrected chi connectivity index (χ0v) is 13.7. The average molecular weight is 318 g/mol. The Labute approximate surface area is 134 Å². The summed E-state index contributed by atoms with van der Waals surface area (Å²) in [5.41, 5.74) is 7.12. The highest BCUT2D eigenvalue weighted by Crippen LogP contribution is 2.26. The Morgan fingerprint density at radius 3 is 2.43 bits per heavy atom. The van der Waals surface area contributed by atoms with Crippen molar-refractivity contribution < 1.29 is 9.90 Å². The van der Waals surface area contributed by atoms with E-state index in [1.54, 1.807) is 12.1 Å². The fourth-order valence-corrected chi connectivity index (χ4v) is 2.56. The quantitative estimate of drug-likeness (QED) is 0.581. The molecule has 8 heteroatoms. The number of carboxylic acid groups (broad SMARTS) is 1. The summed E-state index contributed by atoms with van der Waals surface area (Å²) in [6.07, 6.45) is 1.36. The van der Waals surface area contributed by atoms with E-state index in [0.29, 0.717) is 11.6 Å². The minimum absolute atomic E-state index is 0.181. The van der Waals surface area contributed by atoms with Gasteiger partial charge in [-0.15, -0.1) is 0 Å². The van der Waals surface area contributed by atoms with Crippen LogP contribution in [-0.2, 0) is 0 Å². The van der Waals surface area contributed by atoms with Crippen LogP contribution in [0.5, 0.6) is 0 Å². The number of carbonyl (C=O) groups is 1. The third-order valence-electron chi connectivity index (χ3n) is 3.37. The number of nitrogens with zero attached hydrogens (tertiary/aromatic N) is 3. The second-order valence-electron chi connectivity index (χ2n) is 5.71. The highest BCUT2D eigenvalue weighted by molar-refractivity contribution is 5.95. The molecule has 0 amide bonds. The number of hydrazine groups is 1. The number of aromatic amines is 1. The second-order valence-corrected chi connectivity index (χ2v) is 5.71. The minimum Gasteiger partial charge on any atom is -0.478 e. The predicted octanol–water partition coefficient (Wildman–Crippen LogP) is 2.57. The van der Waals surface area contributed by atoms with Gasteiger partial charge in [0.25, 0.3) is 0 Å². The first-order valence-electron chi connectivity index (χ1n) is 7.43.